The average Bonchev–Trinajstić information content (AvgIpc) is 2.98. The molecule has 0 aliphatic carbocycles. The highest BCUT2D eigenvalue weighted by Crippen LogP contribution is 2.18. The van der Waals surface area contributed by atoms with Crippen LogP contribution in [0.5, 0.6) is 0 Å². The molecule has 0 aromatic carbocycles. The monoisotopic (exact) mass is 280 g/mol. The summed E-state index contributed by atoms with van der Waals surface area (Å²) in [5.41, 5.74) is 0. The molecule has 0 radical (unpaired) electrons. The number of nitrogens with zero attached hydrogens (tertiary/aromatic N) is 4. The van der Waals surface area contributed by atoms with E-state index in [9.17, 15) is 9.59 Å². The number of likely N-dealkylation sites (tertiary alicyclic amines) is 1. The Morgan fingerprint density at radius 2 is 2.30 bits per heavy atom. The van der Waals surface area contributed by atoms with Crippen LogP contribution < -0.4 is 0 Å². The van der Waals surface area contributed by atoms with E-state index < -0.39 is 0 Å². The molecule has 1 amide bonds. The summed E-state index contributed by atoms with van der Waals surface area (Å²) in [4.78, 5) is 29.4. The zero-order chi connectivity index (χ0) is 14.4. The van der Waals surface area contributed by atoms with Crippen molar-refractivity contribution in [3.05, 3.63) is 12.7 Å². The first-order valence-electron chi connectivity index (χ1n) is 6.97. The van der Waals surface area contributed by atoms with Crippen molar-refractivity contribution in [3.8, 4) is 0 Å². The molecule has 1 aromatic rings. The van der Waals surface area contributed by atoms with Gasteiger partial charge in [0.05, 0.1) is 19.1 Å². The standard InChI is InChI=1S/C13H20N4O3/c1-2-20-13(19)11-4-3-6-16(8-11)12(18)5-7-17-10-14-9-15-17/h9-11H,2-8H2,1H3. The summed E-state index contributed by atoms with van der Waals surface area (Å²) in [6, 6.07) is 0. The van der Waals surface area contributed by atoms with E-state index in [4.69, 9.17) is 4.74 Å². The number of amides is 1. The molecule has 1 atom stereocenters. The second-order valence-electron chi connectivity index (χ2n) is 4.84. The minimum absolute atomic E-state index is 0.0505. The number of hydrogen-bond acceptors (Lipinski definition) is 5. The second-order valence-corrected chi connectivity index (χ2v) is 4.84. The fourth-order valence-corrected chi connectivity index (χ4v) is 2.37. The highest BCUT2D eigenvalue weighted by atomic mass is 16.5. The predicted octanol–water partition coefficient (Wildman–Crippen LogP) is 0.470. The Morgan fingerprint density at radius 3 is 3.00 bits per heavy atom. The number of aryl methyl sites for hydroxylation is 1. The fourth-order valence-electron chi connectivity index (χ4n) is 2.37. The van der Waals surface area contributed by atoms with E-state index in [0.29, 0.717) is 32.7 Å². The van der Waals surface area contributed by atoms with Crippen LogP contribution in [0.1, 0.15) is 26.2 Å². The molecular formula is C13H20N4O3. The van der Waals surface area contributed by atoms with Crippen molar-refractivity contribution in [1.82, 2.24) is 19.7 Å². The number of rotatable bonds is 5. The van der Waals surface area contributed by atoms with Gasteiger partial charge in [-0.2, -0.15) is 5.10 Å². The summed E-state index contributed by atoms with van der Waals surface area (Å²) >= 11 is 0. The van der Waals surface area contributed by atoms with Crippen LogP contribution in [0.3, 0.4) is 0 Å². The number of ether oxygens (including phenoxy) is 1. The van der Waals surface area contributed by atoms with E-state index in [2.05, 4.69) is 10.1 Å². The average molecular weight is 280 g/mol. The van der Waals surface area contributed by atoms with Crippen molar-refractivity contribution in [2.45, 2.75) is 32.7 Å². The van der Waals surface area contributed by atoms with Crippen molar-refractivity contribution in [2.24, 2.45) is 5.92 Å². The highest BCUT2D eigenvalue weighted by Gasteiger charge is 2.29. The molecule has 1 unspecified atom stereocenters. The van der Waals surface area contributed by atoms with Gasteiger partial charge in [0.2, 0.25) is 5.91 Å². The van der Waals surface area contributed by atoms with Crippen molar-refractivity contribution < 1.29 is 14.3 Å². The van der Waals surface area contributed by atoms with Gasteiger partial charge < -0.3 is 9.64 Å². The van der Waals surface area contributed by atoms with Crippen LogP contribution >= 0.6 is 0 Å². The summed E-state index contributed by atoms with van der Waals surface area (Å²) in [5.74, 6) is -0.324. The lowest BCUT2D eigenvalue weighted by molar-refractivity contribution is -0.151. The van der Waals surface area contributed by atoms with Gasteiger partial charge in [0.1, 0.15) is 12.7 Å². The van der Waals surface area contributed by atoms with Gasteiger partial charge in [0.15, 0.2) is 0 Å². The van der Waals surface area contributed by atoms with Gasteiger partial charge in [-0.15, -0.1) is 0 Å². The molecule has 1 aliphatic rings. The van der Waals surface area contributed by atoms with E-state index in [1.165, 1.54) is 6.33 Å². The molecule has 7 heteroatoms. The summed E-state index contributed by atoms with van der Waals surface area (Å²) in [6.07, 6.45) is 5.05. The minimum Gasteiger partial charge on any atom is -0.466 e. The van der Waals surface area contributed by atoms with E-state index in [0.717, 1.165) is 12.8 Å². The first-order valence-corrected chi connectivity index (χ1v) is 6.97. The molecule has 1 fully saturated rings. The third-order valence-electron chi connectivity index (χ3n) is 3.42. The van der Waals surface area contributed by atoms with Crippen LogP contribution in [0, 0.1) is 5.92 Å². The normalized spacial score (nSPS) is 18.9. The van der Waals surface area contributed by atoms with Gasteiger partial charge >= 0.3 is 5.97 Å². The zero-order valence-corrected chi connectivity index (χ0v) is 11.7. The number of esters is 1. The molecular weight excluding hydrogens is 260 g/mol. The Hall–Kier alpha value is -1.92. The largest absolute Gasteiger partial charge is 0.466 e. The minimum atomic E-state index is -0.193. The van der Waals surface area contributed by atoms with Crippen LogP contribution in [0.15, 0.2) is 12.7 Å². The lowest BCUT2D eigenvalue weighted by Gasteiger charge is -2.31. The molecule has 110 valence electrons. The number of piperidine rings is 1. The first-order chi connectivity index (χ1) is 9.70. The predicted molar refractivity (Wildman–Crippen MR) is 70.6 cm³/mol. The Bertz CT molecular complexity index is 446. The van der Waals surface area contributed by atoms with E-state index >= 15 is 0 Å². The van der Waals surface area contributed by atoms with E-state index in [1.807, 2.05) is 0 Å². The molecule has 20 heavy (non-hydrogen) atoms. The Morgan fingerprint density at radius 1 is 1.45 bits per heavy atom. The molecule has 1 aliphatic heterocycles. The molecule has 1 aromatic heterocycles. The molecule has 2 rings (SSSR count). The van der Waals surface area contributed by atoms with Gasteiger partial charge in [0.25, 0.3) is 0 Å². The second kappa shape index (κ2) is 7.02. The molecule has 7 nitrogen and oxygen atoms in total. The van der Waals surface area contributed by atoms with Crippen LogP contribution in [0.2, 0.25) is 0 Å². The number of aromatic nitrogens is 3. The van der Waals surface area contributed by atoms with Crippen LogP contribution in [0.4, 0.5) is 0 Å². The lowest BCUT2D eigenvalue weighted by atomic mass is 9.98. The van der Waals surface area contributed by atoms with E-state index in [-0.39, 0.29) is 17.8 Å². The SMILES string of the molecule is CCOC(=O)C1CCCN(C(=O)CCn2cncn2)C1. The smallest absolute Gasteiger partial charge is 0.310 e. The van der Waals surface area contributed by atoms with Gasteiger partial charge in [-0.05, 0) is 19.8 Å². The summed E-state index contributed by atoms with van der Waals surface area (Å²) < 4.78 is 6.66. The third kappa shape index (κ3) is 3.79. The molecule has 2 heterocycles. The van der Waals surface area contributed by atoms with E-state index in [1.54, 1.807) is 22.8 Å². The Balaban J connectivity index is 1.81. The van der Waals surface area contributed by atoms with Gasteiger partial charge in [-0.3, -0.25) is 14.3 Å². The van der Waals surface area contributed by atoms with Crippen LogP contribution in [-0.2, 0) is 20.9 Å². The third-order valence-corrected chi connectivity index (χ3v) is 3.42. The highest BCUT2D eigenvalue weighted by molar-refractivity contribution is 5.78. The van der Waals surface area contributed by atoms with Gasteiger partial charge in [0, 0.05) is 19.5 Å². The molecule has 1 saturated heterocycles. The van der Waals surface area contributed by atoms with Crippen molar-refractivity contribution >= 4 is 11.9 Å². The topological polar surface area (TPSA) is 77.3 Å². The molecule has 0 N–H and O–H groups in total. The quantitative estimate of drug-likeness (QED) is 0.733. The van der Waals surface area contributed by atoms with Crippen molar-refractivity contribution in [3.63, 3.8) is 0 Å². The van der Waals surface area contributed by atoms with Gasteiger partial charge in [-0.1, -0.05) is 0 Å². The fraction of sp³-hybridized carbons (Fsp3) is 0.692. The van der Waals surface area contributed by atoms with Crippen LogP contribution in [-0.4, -0.2) is 51.2 Å². The van der Waals surface area contributed by atoms with Gasteiger partial charge in [-0.25, -0.2) is 4.98 Å². The number of hydrogen-bond donors (Lipinski definition) is 0. The van der Waals surface area contributed by atoms with Crippen molar-refractivity contribution in [2.75, 3.05) is 19.7 Å². The maximum Gasteiger partial charge on any atom is 0.310 e. The first kappa shape index (κ1) is 14.5. The summed E-state index contributed by atoms with van der Waals surface area (Å²) in [7, 11) is 0. The summed E-state index contributed by atoms with van der Waals surface area (Å²) in [6.45, 7) is 3.87. The zero-order valence-electron chi connectivity index (χ0n) is 11.7. The Labute approximate surface area is 117 Å². The molecule has 0 spiro atoms. The number of carbonyl (C=O) groups is 2. The summed E-state index contributed by atoms with van der Waals surface area (Å²) in [5, 5.41) is 3.96. The van der Waals surface area contributed by atoms with Crippen molar-refractivity contribution in [1.29, 1.82) is 0 Å². The molecule has 0 saturated carbocycles. The maximum atomic E-state index is 12.1. The maximum absolute atomic E-state index is 12.1. The number of carbonyl (C=O) groups excluding carboxylic acids is 2. The Kier molecular flexibility index (Phi) is 5.09. The lowest BCUT2D eigenvalue weighted by Crippen LogP contribution is -2.43. The van der Waals surface area contributed by atoms with Crippen LogP contribution in [0.25, 0.3) is 0 Å². The molecule has 0 bridgehead atoms.